The smallest absolute Gasteiger partial charge is 0.311 e. The summed E-state index contributed by atoms with van der Waals surface area (Å²) in [6, 6.07) is 0. The van der Waals surface area contributed by atoms with Gasteiger partial charge in [-0.2, -0.15) is 0 Å². The van der Waals surface area contributed by atoms with E-state index < -0.39 is 11.2 Å². The molecule has 0 unspecified atom stereocenters. The van der Waals surface area contributed by atoms with Crippen LogP contribution in [-0.4, -0.2) is 16.8 Å². The van der Waals surface area contributed by atoms with Gasteiger partial charge in [-0.3, -0.25) is 9.59 Å². The monoisotopic (exact) mass is 548 g/mol. The number of rotatable bonds is 16. The van der Waals surface area contributed by atoms with E-state index in [0.717, 1.165) is 65.0 Å². The second kappa shape index (κ2) is 15.3. The van der Waals surface area contributed by atoms with Crippen LogP contribution in [0.1, 0.15) is 134 Å². The Kier molecular flexibility index (Phi) is 13.1. The van der Waals surface area contributed by atoms with Gasteiger partial charge in [-0.05, 0) is 99.4 Å². The van der Waals surface area contributed by atoms with Crippen molar-refractivity contribution < 1.29 is 19.1 Å². The van der Waals surface area contributed by atoms with E-state index in [4.69, 9.17) is 21.1 Å². The lowest BCUT2D eigenvalue weighted by Crippen LogP contribution is -2.37. The van der Waals surface area contributed by atoms with Gasteiger partial charge in [0.2, 0.25) is 5.24 Å². The van der Waals surface area contributed by atoms with Crippen molar-refractivity contribution >= 4 is 22.8 Å². The van der Waals surface area contributed by atoms with E-state index in [2.05, 4.69) is 34.6 Å². The summed E-state index contributed by atoms with van der Waals surface area (Å²) in [5.41, 5.74) is 3.88. The molecule has 1 heterocycles. The predicted molar refractivity (Wildman–Crippen MR) is 158 cm³/mol. The Morgan fingerprint density at radius 2 is 1.45 bits per heavy atom. The molecule has 0 radical (unpaired) electrons. The Hall–Kier alpha value is -1.55. The van der Waals surface area contributed by atoms with Gasteiger partial charge in [0, 0.05) is 12.0 Å². The molecule has 0 bridgehead atoms. The molecule has 0 spiro atoms. The molecular weight excluding hydrogens is 496 g/mol. The lowest BCUT2D eigenvalue weighted by Gasteiger charge is -2.38. The van der Waals surface area contributed by atoms with Gasteiger partial charge in [-0.15, -0.1) is 0 Å². The van der Waals surface area contributed by atoms with E-state index >= 15 is 0 Å². The molecule has 1 aliphatic rings. The number of halogens is 1. The van der Waals surface area contributed by atoms with Crippen molar-refractivity contribution in [1.29, 1.82) is 0 Å². The molecule has 0 aromatic heterocycles. The summed E-state index contributed by atoms with van der Waals surface area (Å²) >= 11 is 5.38. The van der Waals surface area contributed by atoms with Crippen molar-refractivity contribution in [3.05, 3.63) is 22.3 Å². The number of carbonyl (C=O) groups excluding carboxylic acids is 2. The van der Waals surface area contributed by atoms with Gasteiger partial charge in [0.25, 0.3) is 0 Å². The Morgan fingerprint density at radius 1 is 0.868 bits per heavy atom. The lowest BCUT2D eigenvalue weighted by molar-refractivity contribution is -0.135. The van der Waals surface area contributed by atoms with Gasteiger partial charge >= 0.3 is 5.97 Å². The molecule has 0 amide bonds. The van der Waals surface area contributed by atoms with Crippen LogP contribution in [-0.2, 0) is 16.0 Å². The summed E-state index contributed by atoms with van der Waals surface area (Å²) in [5.74, 6) is 3.57. The quantitative estimate of drug-likeness (QED) is 0.117. The zero-order valence-corrected chi connectivity index (χ0v) is 26.2. The normalized spacial score (nSPS) is 18.6. The number of esters is 1. The first-order valence-corrected chi connectivity index (χ1v) is 15.4. The van der Waals surface area contributed by atoms with E-state index in [0.29, 0.717) is 5.75 Å². The fraction of sp³-hybridized carbons (Fsp3) is 0.758. The second-order valence-corrected chi connectivity index (χ2v) is 13.2. The molecule has 38 heavy (non-hydrogen) atoms. The first-order chi connectivity index (χ1) is 17.8. The number of benzene rings is 1. The zero-order chi connectivity index (χ0) is 28.5. The minimum Gasteiger partial charge on any atom is -0.487 e. The number of hydrogen-bond acceptors (Lipinski definition) is 4. The molecule has 4 nitrogen and oxygen atoms in total. The van der Waals surface area contributed by atoms with Crippen molar-refractivity contribution in [1.82, 2.24) is 0 Å². The van der Waals surface area contributed by atoms with Crippen molar-refractivity contribution in [2.24, 2.45) is 17.8 Å². The van der Waals surface area contributed by atoms with Crippen LogP contribution in [0.5, 0.6) is 11.5 Å². The van der Waals surface area contributed by atoms with E-state index in [1.165, 1.54) is 51.4 Å². The highest BCUT2D eigenvalue weighted by molar-refractivity contribution is 6.63. The number of carbonyl (C=O) groups is 2. The molecule has 0 aliphatic carbocycles. The molecule has 0 fully saturated rings. The molecule has 1 aliphatic heterocycles. The highest BCUT2D eigenvalue weighted by atomic mass is 35.5. The highest BCUT2D eigenvalue weighted by Crippen LogP contribution is 2.45. The summed E-state index contributed by atoms with van der Waals surface area (Å²) in [5, 5.41) is -0.527. The van der Waals surface area contributed by atoms with E-state index in [1.54, 1.807) is 0 Å². The minimum absolute atomic E-state index is 0.0122. The van der Waals surface area contributed by atoms with Crippen LogP contribution in [0.15, 0.2) is 0 Å². The molecule has 1 aromatic rings. The van der Waals surface area contributed by atoms with Crippen molar-refractivity contribution in [3.63, 3.8) is 0 Å². The summed E-state index contributed by atoms with van der Waals surface area (Å²) in [6.07, 6.45) is 13.5. The average molecular weight is 549 g/mol. The van der Waals surface area contributed by atoms with E-state index in [9.17, 15) is 9.59 Å². The summed E-state index contributed by atoms with van der Waals surface area (Å²) < 4.78 is 12.4. The molecule has 2 rings (SSSR count). The number of hydrogen-bond donors (Lipinski definition) is 0. The molecule has 216 valence electrons. The Labute approximate surface area is 237 Å². The van der Waals surface area contributed by atoms with Crippen LogP contribution in [0.3, 0.4) is 0 Å². The average Bonchev–Trinajstić information content (AvgIpc) is 2.83. The SMILES string of the molecule is Cc1c(C)c2c(c(C)c1OC(=O)CCC(=O)Cl)CC[C@@](C)(CCC[C@H](C)CCC[C@H](C)CCCC(C)C)O2. The molecule has 1 aromatic carbocycles. The first-order valence-electron chi connectivity index (χ1n) is 15.0. The van der Waals surface area contributed by atoms with Crippen LogP contribution in [0.4, 0.5) is 0 Å². The van der Waals surface area contributed by atoms with Crippen molar-refractivity contribution in [2.45, 2.75) is 144 Å². The summed E-state index contributed by atoms with van der Waals surface area (Å²) in [4.78, 5) is 23.3. The topological polar surface area (TPSA) is 52.6 Å². The van der Waals surface area contributed by atoms with Crippen LogP contribution >= 0.6 is 11.6 Å². The maximum absolute atomic E-state index is 12.3. The molecular formula is C33H53ClO4. The third kappa shape index (κ3) is 10.2. The van der Waals surface area contributed by atoms with Gasteiger partial charge in [-0.1, -0.05) is 72.6 Å². The highest BCUT2D eigenvalue weighted by Gasteiger charge is 2.34. The standard InChI is InChI=1S/C33H53ClO4/c1-22(2)12-9-13-23(3)14-10-15-24(4)16-11-20-33(8)21-19-28-27(7)31(25(5)26(6)32(28)38-33)37-30(36)18-17-29(34)35/h22-24H,9-21H2,1-8H3/t23-,24-,33-/m1/s1. The van der Waals surface area contributed by atoms with Gasteiger partial charge < -0.3 is 9.47 Å². The predicted octanol–water partition coefficient (Wildman–Crippen LogP) is 9.59. The minimum atomic E-state index is -0.527. The number of fused-ring (bicyclic) bond motifs is 1. The molecule has 0 saturated heterocycles. The van der Waals surface area contributed by atoms with Gasteiger partial charge in [0.05, 0.1) is 6.42 Å². The van der Waals surface area contributed by atoms with E-state index in [-0.39, 0.29) is 18.4 Å². The molecule has 5 heteroatoms. The largest absolute Gasteiger partial charge is 0.487 e. The van der Waals surface area contributed by atoms with Gasteiger partial charge in [0.1, 0.15) is 17.1 Å². The van der Waals surface area contributed by atoms with Crippen LogP contribution < -0.4 is 9.47 Å². The fourth-order valence-electron chi connectivity index (χ4n) is 5.78. The molecule has 3 atom stereocenters. The zero-order valence-electron chi connectivity index (χ0n) is 25.4. The third-order valence-corrected chi connectivity index (χ3v) is 8.77. The second-order valence-electron chi connectivity index (χ2n) is 12.8. The maximum atomic E-state index is 12.3. The Morgan fingerprint density at radius 3 is 2.03 bits per heavy atom. The van der Waals surface area contributed by atoms with Crippen molar-refractivity contribution in [2.75, 3.05) is 0 Å². The van der Waals surface area contributed by atoms with Crippen LogP contribution in [0, 0.1) is 38.5 Å². The number of ether oxygens (including phenoxy) is 2. The molecule has 0 N–H and O–H groups in total. The summed E-state index contributed by atoms with van der Waals surface area (Å²) in [6.45, 7) is 17.7. The van der Waals surface area contributed by atoms with Crippen LogP contribution in [0.2, 0.25) is 0 Å². The molecule has 0 saturated carbocycles. The Balaban J connectivity index is 1.87. The van der Waals surface area contributed by atoms with Crippen molar-refractivity contribution in [3.8, 4) is 11.5 Å². The van der Waals surface area contributed by atoms with E-state index in [1.807, 2.05) is 20.8 Å². The van der Waals surface area contributed by atoms with Crippen LogP contribution in [0.25, 0.3) is 0 Å². The fourth-order valence-corrected chi connectivity index (χ4v) is 5.87. The summed E-state index contributed by atoms with van der Waals surface area (Å²) in [7, 11) is 0. The Bertz CT molecular complexity index is 938. The first kappa shape index (κ1) is 32.7. The van der Waals surface area contributed by atoms with Gasteiger partial charge in [-0.25, -0.2) is 0 Å². The lowest BCUT2D eigenvalue weighted by atomic mass is 9.83. The maximum Gasteiger partial charge on any atom is 0.311 e. The third-order valence-electron chi connectivity index (χ3n) is 8.58. The van der Waals surface area contributed by atoms with Gasteiger partial charge in [0.15, 0.2) is 0 Å².